The summed E-state index contributed by atoms with van der Waals surface area (Å²) in [4.78, 5) is 27.3. The van der Waals surface area contributed by atoms with Crippen LogP contribution in [0.1, 0.15) is 26.9 Å². The fourth-order valence-electron chi connectivity index (χ4n) is 3.93. The molecule has 160 valence electrons. The van der Waals surface area contributed by atoms with Gasteiger partial charge in [-0.2, -0.15) is 10.4 Å². The van der Waals surface area contributed by atoms with Crippen LogP contribution in [0.4, 0.5) is 5.69 Å². The molecule has 0 bridgehead atoms. The molecule has 2 heterocycles. The molecule has 1 aliphatic heterocycles. The number of aromatic nitrogens is 2. The molecule has 33 heavy (non-hydrogen) atoms. The Hall–Kier alpha value is -4.15. The lowest BCUT2D eigenvalue weighted by Crippen LogP contribution is -2.29. The Labute approximate surface area is 194 Å². The molecule has 2 unspecified atom stereocenters. The molecular formula is C26H18N4O2S. The first-order valence-electron chi connectivity index (χ1n) is 10.4. The van der Waals surface area contributed by atoms with Gasteiger partial charge in [-0.1, -0.05) is 66.7 Å². The quantitative estimate of drug-likeness (QED) is 0.320. The number of hydrogen-bond acceptors (Lipinski definition) is 5. The molecule has 0 radical (unpaired) electrons. The van der Waals surface area contributed by atoms with Gasteiger partial charge in [0.25, 0.3) is 0 Å². The zero-order chi connectivity index (χ0) is 22.8. The van der Waals surface area contributed by atoms with Crippen molar-refractivity contribution in [2.24, 2.45) is 5.92 Å². The maximum atomic E-state index is 13.5. The summed E-state index contributed by atoms with van der Waals surface area (Å²) in [5.41, 5.74) is 4.01. The zero-order valence-corrected chi connectivity index (χ0v) is 18.2. The second-order valence-electron chi connectivity index (χ2n) is 7.55. The highest BCUT2D eigenvalue weighted by Gasteiger charge is 2.37. The number of carbonyl (C=O) groups is 2. The van der Waals surface area contributed by atoms with Gasteiger partial charge in [-0.15, -0.1) is 11.8 Å². The normalized spacial score (nSPS) is 14.9. The Morgan fingerprint density at radius 1 is 0.970 bits per heavy atom. The van der Waals surface area contributed by atoms with E-state index in [0.29, 0.717) is 16.9 Å². The van der Waals surface area contributed by atoms with Gasteiger partial charge in [-0.25, -0.2) is 0 Å². The third-order valence-corrected chi connectivity index (χ3v) is 6.85. The molecule has 3 aromatic carbocycles. The van der Waals surface area contributed by atoms with Crippen molar-refractivity contribution in [1.82, 2.24) is 10.2 Å². The summed E-state index contributed by atoms with van der Waals surface area (Å²) in [6, 6.07) is 28.3. The third-order valence-electron chi connectivity index (χ3n) is 5.50. The first-order valence-corrected chi connectivity index (χ1v) is 11.2. The molecule has 0 saturated heterocycles. The van der Waals surface area contributed by atoms with Crippen LogP contribution in [0.15, 0.2) is 89.8 Å². The molecule has 0 aliphatic carbocycles. The molecule has 0 spiro atoms. The fourth-order valence-corrected chi connectivity index (χ4v) is 5.27. The Bertz CT molecular complexity index is 1380. The minimum Gasteiger partial charge on any atom is -0.325 e. The number of benzene rings is 3. The molecule has 5 rings (SSSR count). The first kappa shape index (κ1) is 20.7. The molecule has 1 aliphatic rings. The number of fused-ring (bicyclic) bond motifs is 3. The maximum absolute atomic E-state index is 13.5. The summed E-state index contributed by atoms with van der Waals surface area (Å²) in [6.45, 7) is 0. The summed E-state index contributed by atoms with van der Waals surface area (Å²) in [5.74, 6) is -2.77. The summed E-state index contributed by atoms with van der Waals surface area (Å²) in [7, 11) is 0. The monoisotopic (exact) mass is 450 g/mol. The van der Waals surface area contributed by atoms with Gasteiger partial charge >= 0.3 is 0 Å². The van der Waals surface area contributed by atoms with Crippen LogP contribution in [0, 0.1) is 17.2 Å². The third kappa shape index (κ3) is 3.81. The van der Waals surface area contributed by atoms with Crippen molar-refractivity contribution in [3.05, 3.63) is 102 Å². The molecule has 0 fully saturated rings. The molecular weight excluding hydrogens is 432 g/mol. The van der Waals surface area contributed by atoms with Crippen LogP contribution >= 0.6 is 11.8 Å². The van der Waals surface area contributed by atoms with E-state index in [1.54, 1.807) is 36.0 Å². The number of amides is 1. The topological polar surface area (TPSA) is 98.6 Å². The first-order chi connectivity index (χ1) is 16.2. The van der Waals surface area contributed by atoms with E-state index in [2.05, 4.69) is 15.5 Å². The highest BCUT2D eigenvalue weighted by molar-refractivity contribution is 8.00. The summed E-state index contributed by atoms with van der Waals surface area (Å²) in [6.07, 6.45) is 0. The number of rotatable bonds is 5. The maximum Gasteiger partial charge on any atom is 0.249 e. The number of carbonyl (C=O) groups excluding carboxylic acids is 2. The number of anilines is 1. The van der Waals surface area contributed by atoms with E-state index < -0.39 is 17.6 Å². The van der Waals surface area contributed by atoms with E-state index in [1.165, 1.54) is 0 Å². The van der Waals surface area contributed by atoms with E-state index in [1.807, 2.05) is 66.7 Å². The molecule has 7 heteroatoms. The number of H-pyrrole nitrogens is 1. The van der Waals surface area contributed by atoms with E-state index in [4.69, 9.17) is 0 Å². The molecule has 1 amide bonds. The SMILES string of the molecule is N#CC(C(=O)Nc1ccccc1)C(=O)c1[nH]nc2c1C(c1ccccc1)Sc1ccccc1-2. The fraction of sp³-hybridized carbons (Fsp3) is 0.0769. The Morgan fingerprint density at radius 3 is 2.36 bits per heavy atom. The van der Waals surface area contributed by atoms with Gasteiger partial charge in [0, 0.05) is 21.7 Å². The minimum atomic E-state index is -1.51. The van der Waals surface area contributed by atoms with Crippen molar-refractivity contribution in [2.75, 3.05) is 5.32 Å². The van der Waals surface area contributed by atoms with E-state index in [9.17, 15) is 14.9 Å². The largest absolute Gasteiger partial charge is 0.325 e. The smallest absolute Gasteiger partial charge is 0.249 e. The number of thioether (sulfide) groups is 1. The number of Topliss-reactive ketones (excluding diaryl/α,β-unsaturated/α-hetero) is 1. The number of nitrogens with one attached hydrogen (secondary N) is 2. The van der Waals surface area contributed by atoms with E-state index in [0.717, 1.165) is 16.0 Å². The van der Waals surface area contributed by atoms with E-state index in [-0.39, 0.29) is 10.9 Å². The summed E-state index contributed by atoms with van der Waals surface area (Å²) in [5, 5.41) is 19.5. The predicted octanol–water partition coefficient (Wildman–Crippen LogP) is 5.23. The summed E-state index contributed by atoms with van der Waals surface area (Å²) >= 11 is 1.62. The number of para-hydroxylation sites is 1. The Kier molecular flexibility index (Phi) is 5.51. The lowest BCUT2D eigenvalue weighted by Gasteiger charge is -2.25. The van der Waals surface area contributed by atoms with Crippen LogP contribution in [0.25, 0.3) is 11.3 Å². The lowest BCUT2D eigenvalue weighted by atomic mass is 9.92. The van der Waals surface area contributed by atoms with Gasteiger partial charge in [0.05, 0.1) is 17.0 Å². The molecule has 1 aromatic heterocycles. The average Bonchev–Trinajstić information content (AvgIpc) is 3.31. The van der Waals surface area contributed by atoms with Crippen molar-refractivity contribution in [2.45, 2.75) is 10.1 Å². The highest BCUT2D eigenvalue weighted by Crippen LogP contribution is 2.52. The van der Waals surface area contributed by atoms with Gasteiger partial charge in [0.1, 0.15) is 5.69 Å². The van der Waals surface area contributed by atoms with Crippen molar-refractivity contribution in [3.8, 4) is 17.3 Å². The number of hydrogen-bond donors (Lipinski definition) is 2. The van der Waals surface area contributed by atoms with Crippen LogP contribution in [0.5, 0.6) is 0 Å². The van der Waals surface area contributed by atoms with Crippen LogP contribution < -0.4 is 5.32 Å². The van der Waals surface area contributed by atoms with Gasteiger partial charge in [-0.3, -0.25) is 14.7 Å². The second-order valence-corrected chi connectivity index (χ2v) is 8.69. The van der Waals surface area contributed by atoms with Gasteiger partial charge in [-0.05, 0) is 23.8 Å². The molecule has 2 atom stereocenters. The molecule has 4 aromatic rings. The summed E-state index contributed by atoms with van der Waals surface area (Å²) < 4.78 is 0. The molecule has 6 nitrogen and oxygen atoms in total. The average molecular weight is 451 g/mol. The van der Waals surface area contributed by atoms with Gasteiger partial charge in [0.2, 0.25) is 11.7 Å². The highest BCUT2D eigenvalue weighted by atomic mass is 32.2. The Balaban J connectivity index is 1.56. The molecule has 0 saturated carbocycles. The lowest BCUT2D eigenvalue weighted by molar-refractivity contribution is -0.117. The van der Waals surface area contributed by atoms with Gasteiger partial charge < -0.3 is 5.32 Å². The number of ketones is 1. The number of nitrogens with zero attached hydrogens (tertiary/aromatic N) is 2. The van der Waals surface area contributed by atoms with Crippen LogP contribution in [0.3, 0.4) is 0 Å². The Morgan fingerprint density at radius 2 is 1.64 bits per heavy atom. The molecule has 2 N–H and O–H groups in total. The van der Waals surface area contributed by atoms with Crippen LogP contribution in [0.2, 0.25) is 0 Å². The van der Waals surface area contributed by atoms with Crippen molar-refractivity contribution in [3.63, 3.8) is 0 Å². The number of nitriles is 1. The second kappa shape index (κ2) is 8.77. The zero-order valence-electron chi connectivity index (χ0n) is 17.4. The van der Waals surface area contributed by atoms with Crippen molar-refractivity contribution < 1.29 is 9.59 Å². The standard InChI is InChI=1S/C26H18N4O2S/c27-15-19(26(32)28-17-11-5-2-6-12-17)24(31)23-21-22(29-30-23)18-13-7-8-14-20(18)33-25(21)16-9-3-1-4-10-16/h1-14,19,25H,(H,28,32)(H,29,30). The minimum absolute atomic E-state index is 0.190. The van der Waals surface area contributed by atoms with Crippen LogP contribution in [-0.4, -0.2) is 21.9 Å². The van der Waals surface area contributed by atoms with Crippen molar-refractivity contribution in [1.29, 1.82) is 5.26 Å². The van der Waals surface area contributed by atoms with Crippen LogP contribution in [-0.2, 0) is 4.79 Å². The van der Waals surface area contributed by atoms with Gasteiger partial charge in [0.15, 0.2) is 5.92 Å². The van der Waals surface area contributed by atoms with E-state index >= 15 is 0 Å². The number of aromatic amines is 1. The predicted molar refractivity (Wildman–Crippen MR) is 127 cm³/mol. The van der Waals surface area contributed by atoms with Crippen molar-refractivity contribution >= 4 is 29.1 Å².